The zero-order valence-corrected chi connectivity index (χ0v) is 19.9. The van der Waals surface area contributed by atoms with E-state index in [-0.39, 0.29) is 24.5 Å². The molecule has 0 aliphatic carbocycles. The number of nitrogens with one attached hydrogen (secondary N) is 1. The minimum Gasteiger partial charge on any atom is -0.497 e. The molecule has 0 aliphatic rings. The molecule has 3 rings (SSSR count). The highest BCUT2D eigenvalue weighted by molar-refractivity contribution is 5.88. The Morgan fingerprint density at radius 3 is 1.94 bits per heavy atom. The first-order valence-corrected chi connectivity index (χ1v) is 11.4. The minimum atomic E-state index is -0.683. The molecule has 3 aromatic carbocycles. The molecule has 0 aliphatic heterocycles. The summed E-state index contributed by atoms with van der Waals surface area (Å²) in [5, 5.41) is 2.98. The van der Waals surface area contributed by atoms with Crippen molar-refractivity contribution in [1.29, 1.82) is 0 Å². The zero-order chi connectivity index (χ0) is 24.3. The van der Waals surface area contributed by atoms with Crippen LogP contribution >= 0.6 is 0 Å². The van der Waals surface area contributed by atoms with Crippen molar-refractivity contribution >= 4 is 11.8 Å². The maximum absolute atomic E-state index is 13.5. The third-order valence-corrected chi connectivity index (χ3v) is 5.32. The molecule has 0 unspecified atom stereocenters. The summed E-state index contributed by atoms with van der Waals surface area (Å²) < 4.78 is 10.9. The molecule has 0 fully saturated rings. The molecule has 0 bridgehead atoms. The Morgan fingerprint density at radius 2 is 1.38 bits per heavy atom. The van der Waals surface area contributed by atoms with E-state index >= 15 is 0 Å². The summed E-state index contributed by atoms with van der Waals surface area (Å²) in [4.78, 5) is 28.4. The van der Waals surface area contributed by atoms with Gasteiger partial charge in [0, 0.05) is 19.0 Å². The molecule has 178 valence electrons. The van der Waals surface area contributed by atoms with Gasteiger partial charge in [-0.15, -0.1) is 0 Å². The zero-order valence-electron chi connectivity index (χ0n) is 19.9. The van der Waals surface area contributed by atoms with Crippen LogP contribution in [-0.4, -0.2) is 42.5 Å². The molecule has 34 heavy (non-hydrogen) atoms. The van der Waals surface area contributed by atoms with Gasteiger partial charge in [0.15, 0.2) is 6.61 Å². The predicted molar refractivity (Wildman–Crippen MR) is 133 cm³/mol. The molecule has 3 aromatic rings. The van der Waals surface area contributed by atoms with Gasteiger partial charge in [-0.2, -0.15) is 0 Å². The van der Waals surface area contributed by atoms with Gasteiger partial charge in [0.1, 0.15) is 17.5 Å². The van der Waals surface area contributed by atoms with E-state index < -0.39 is 6.04 Å². The van der Waals surface area contributed by atoms with Crippen LogP contribution in [0.2, 0.25) is 0 Å². The molecular weight excluding hydrogens is 428 g/mol. The first-order valence-electron chi connectivity index (χ1n) is 11.4. The highest BCUT2D eigenvalue weighted by Crippen LogP contribution is 2.19. The van der Waals surface area contributed by atoms with Crippen LogP contribution in [0.15, 0.2) is 84.9 Å². The predicted octanol–water partition coefficient (Wildman–Crippen LogP) is 4.24. The summed E-state index contributed by atoms with van der Waals surface area (Å²) in [5.74, 6) is 0.810. The van der Waals surface area contributed by atoms with Crippen LogP contribution in [0.1, 0.15) is 25.0 Å². The van der Waals surface area contributed by atoms with Gasteiger partial charge in [-0.25, -0.2) is 0 Å². The maximum Gasteiger partial charge on any atom is 0.261 e. The molecule has 0 heterocycles. The highest BCUT2D eigenvalue weighted by atomic mass is 16.5. The van der Waals surface area contributed by atoms with Crippen molar-refractivity contribution in [1.82, 2.24) is 10.2 Å². The number of carbonyl (C=O) groups excluding carboxylic acids is 2. The Hall–Kier alpha value is -3.80. The lowest BCUT2D eigenvalue weighted by atomic mass is 10.0. The fraction of sp³-hybridized carbons (Fsp3) is 0.286. The quantitative estimate of drug-likeness (QED) is 0.465. The molecule has 0 saturated heterocycles. The van der Waals surface area contributed by atoms with Crippen LogP contribution in [0.5, 0.6) is 11.5 Å². The number of ether oxygens (including phenoxy) is 2. The summed E-state index contributed by atoms with van der Waals surface area (Å²) in [5.41, 5.74) is 1.92. The fourth-order valence-corrected chi connectivity index (χ4v) is 3.61. The van der Waals surface area contributed by atoms with E-state index in [0.29, 0.717) is 24.5 Å². The van der Waals surface area contributed by atoms with Gasteiger partial charge in [-0.3, -0.25) is 9.59 Å². The number of hydrogen-bond acceptors (Lipinski definition) is 4. The average Bonchev–Trinajstić information content (AvgIpc) is 2.85. The molecule has 0 spiro atoms. The normalized spacial score (nSPS) is 11.5. The van der Waals surface area contributed by atoms with Crippen molar-refractivity contribution in [2.45, 2.75) is 38.9 Å². The molecule has 1 N–H and O–H groups in total. The average molecular weight is 461 g/mol. The second-order valence-corrected chi connectivity index (χ2v) is 8.34. The van der Waals surface area contributed by atoms with Gasteiger partial charge in [0.05, 0.1) is 7.11 Å². The summed E-state index contributed by atoms with van der Waals surface area (Å²) in [6.07, 6.45) is 0.403. The van der Waals surface area contributed by atoms with Crippen LogP contribution < -0.4 is 14.8 Å². The SMILES string of the molecule is COc1ccc(OCC(=O)N(Cc2ccccc2)[C@@H](Cc2ccccc2)C(=O)NC(C)C)cc1. The van der Waals surface area contributed by atoms with Crippen LogP contribution in [0.4, 0.5) is 0 Å². The van der Waals surface area contributed by atoms with Crippen LogP contribution in [-0.2, 0) is 22.6 Å². The lowest BCUT2D eigenvalue weighted by molar-refractivity contribution is -0.143. The van der Waals surface area contributed by atoms with E-state index in [1.807, 2.05) is 74.5 Å². The topological polar surface area (TPSA) is 67.9 Å². The summed E-state index contributed by atoms with van der Waals surface area (Å²) in [6.45, 7) is 3.94. The molecule has 1 atom stereocenters. The van der Waals surface area contributed by atoms with Crippen molar-refractivity contribution in [3.8, 4) is 11.5 Å². The van der Waals surface area contributed by atoms with Crippen molar-refractivity contribution in [2.24, 2.45) is 0 Å². The second-order valence-electron chi connectivity index (χ2n) is 8.34. The molecule has 2 amide bonds. The number of amides is 2. The minimum absolute atomic E-state index is 0.0463. The Labute approximate surface area is 201 Å². The molecule has 0 saturated carbocycles. The van der Waals surface area contributed by atoms with Crippen molar-refractivity contribution in [2.75, 3.05) is 13.7 Å². The van der Waals surface area contributed by atoms with Gasteiger partial charge in [-0.1, -0.05) is 60.7 Å². The maximum atomic E-state index is 13.5. The van der Waals surface area contributed by atoms with Crippen LogP contribution in [0, 0.1) is 0 Å². The van der Waals surface area contributed by atoms with Gasteiger partial charge >= 0.3 is 0 Å². The fourth-order valence-electron chi connectivity index (χ4n) is 3.61. The monoisotopic (exact) mass is 460 g/mol. The number of rotatable bonds is 11. The smallest absolute Gasteiger partial charge is 0.261 e. The van der Waals surface area contributed by atoms with Crippen LogP contribution in [0.25, 0.3) is 0 Å². The summed E-state index contributed by atoms with van der Waals surface area (Å²) in [6, 6.07) is 25.7. The van der Waals surface area contributed by atoms with Crippen molar-refractivity contribution in [3.63, 3.8) is 0 Å². The number of hydrogen-bond donors (Lipinski definition) is 1. The van der Waals surface area contributed by atoms with Crippen molar-refractivity contribution in [3.05, 3.63) is 96.1 Å². The van der Waals surface area contributed by atoms with E-state index in [0.717, 1.165) is 11.1 Å². The summed E-state index contributed by atoms with van der Waals surface area (Å²) >= 11 is 0. The molecule has 0 radical (unpaired) electrons. The third kappa shape index (κ3) is 7.37. The van der Waals surface area contributed by atoms with Crippen molar-refractivity contribution < 1.29 is 19.1 Å². The van der Waals surface area contributed by atoms with Crippen LogP contribution in [0.3, 0.4) is 0 Å². The van der Waals surface area contributed by atoms with Gasteiger partial charge in [0.25, 0.3) is 5.91 Å². The third-order valence-electron chi connectivity index (χ3n) is 5.32. The number of benzene rings is 3. The Morgan fingerprint density at radius 1 is 0.824 bits per heavy atom. The highest BCUT2D eigenvalue weighted by Gasteiger charge is 2.31. The van der Waals surface area contributed by atoms with Gasteiger partial charge in [0.2, 0.25) is 5.91 Å². The standard InChI is InChI=1S/C28H32N2O4/c1-21(2)29-28(32)26(18-22-10-6-4-7-11-22)30(19-23-12-8-5-9-13-23)27(31)20-34-25-16-14-24(33-3)15-17-25/h4-17,21,26H,18-20H2,1-3H3,(H,29,32)/t26-/m0/s1. The first-order chi connectivity index (χ1) is 16.5. The van der Waals surface area contributed by atoms with E-state index in [1.54, 1.807) is 36.3 Å². The Kier molecular flexibility index (Phi) is 9.09. The molecular formula is C28H32N2O4. The Balaban J connectivity index is 1.86. The first kappa shape index (κ1) is 24.8. The molecule has 0 aromatic heterocycles. The van der Waals surface area contributed by atoms with Gasteiger partial charge in [-0.05, 0) is 49.2 Å². The Bertz CT molecular complexity index is 1040. The van der Waals surface area contributed by atoms with E-state index in [4.69, 9.17) is 9.47 Å². The largest absolute Gasteiger partial charge is 0.497 e. The number of nitrogens with zero attached hydrogens (tertiary/aromatic N) is 1. The molecule has 6 heteroatoms. The van der Waals surface area contributed by atoms with E-state index in [2.05, 4.69) is 5.32 Å². The number of methoxy groups -OCH3 is 1. The second kappa shape index (κ2) is 12.4. The lowest BCUT2D eigenvalue weighted by Gasteiger charge is -2.32. The van der Waals surface area contributed by atoms with E-state index in [1.165, 1.54) is 0 Å². The lowest BCUT2D eigenvalue weighted by Crippen LogP contribution is -2.52. The summed E-state index contributed by atoms with van der Waals surface area (Å²) in [7, 11) is 1.59. The van der Waals surface area contributed by atoms with Gasteiger partial charge < -0.3 is 19.7 Å². The number of carbonyl (C=O) groups is 2. The molecule has 6 nitrogen and oxygen atoms in total. The van der Waals surface area contributed by atoms with E-state index in [9.17, 15) is 9.59 Å².